The second-order valence-corrected chi connectivity index (χ2v) is 13.0. The van der Waals surface area contributed by atoms with E-state index in [1.807, 2.05) is 60.7 Å². The molecule has 9 nitrogen and oxygen atoms in total. The van der Waals surface area contributed by atoms with Crippen molar-refractivity contribution in [3.05, 3.63) is 123 Å². The number of hydrogen-bond acceptors (Lipinski definition) is 7. The van der Waals surface area contributed by atoms with Crippen molar-refractivity contribution in [3.63, 3.8) is 0 Å². The lowest BCUT2D eigenvalue weighted by Crippen LogP contribution is -2.35. The van der Waals surface area contributed by atoms with Gasteiger partial charge in [-0.3, -0.25) is 19.7 Å². The highest BCUT2D eigenvalue weighted by atomic mass is 16.6. The molecule has 2 fully saturated rings. The number of nitro groups is 1. The van der Waals surface area contributed by atoms with Crippen molar-refractivity contribution < 1.29 is 29.1 Å². The molecule has 0 aromatic heterocycles. The minimum Gasteiger partial charge on any atom is -0.507 e. The van der Waals surface area contributed by atoms with Crippen LogP contribution in [0.1, 0.15) is 44.6 Å². The third kappa shape index (κ3) is 6.22. The van der Waals surface area contributed by atoms with Gasteiger partial charge in [-0.2, -0.15) is 0 Å². The lowest BCUT2D eigenvalue weighted by molar-refractivity contribution is -0.384. The number of benzene rings is 4. The van der Waals surface area contributed by atoms with Gasteiger partial charge in [0.2, 0.25) is 11.8 Å². The maximum atomic E-state index is 14.1. The number of fused-ring (bicyclic) bond motifs is 4. The molecule has 0 saturated carbocycles. The third-order valence-corrected chi connectivity index (χ3v) is 10.1. The Morgan fingerprint density at radius 1 is 0.959 bits per heavy atom. The SMILES string of the molecule is CCC/C(=C\c1ccc(O)c2ccccc12)CC[C@H]1OC[C@H]2C1=C(COc1ccccc1)C[C@H]1C(=O)N(c3cccc([N+](=O)[O-])c3)C(=O)[C@H]12. The van der Waals surface area contributed by atoms with Crippen molar-refractivity contribution in [1.82, 2.24) is 0 Å². The van der Waals surface area contributed by atoms with Crippen molar-refractivity contribution in [3.8, 4) is 11.5 Å². The van der Waals surface area contributed by atoms with Crippen LogP contribution in [-0.2, 0) is 14.3 Å². The number of rotatable bonds is 11. The minimum atomic E-state index is -0.610. The number of nitrogens with zero attached hydrogens (tertiary/aromatic N) is 2. The summed E-state index contributed by atoms with van der Waals surface area (Å²) < 4.78 is 12.7. The van der Waals surface area contributed by atoms with Crippen LogP contribution in [0.3, 0.4) is 0 Å². The summed E-state index contributed by atoms with van der Waals surface area (Å²) in [6.45, 7) is 2.74. The van der Waals surface area contributed by atoms with E-state index in [2.05, 4.69) is 13.0 Å². The molecule has 4 aromatic rings. The molecule has 1 N–H and O–H groups in total. The fourth-order valence-corrected chi connectivity index (χ4v) is 7.85. The molecule has 4 aromatic carbocycles. The molecule has 2 amide bonds. The normalized spacial score (nSPS) is 22.1. The molecule has 0 spiro atoms. The number of anilines is 1. The molecular formula is C40H38N2O7. The average molecular weight is 659 g/mol. The van der Waals surface area contributed by atoms with Crippen molar-refractivity contribution >= 4 is 40.0 Å². The summed E-state index contributed by atoms with van der Waals surface area (Å²) in [5, 5.41) is 23.7. The van der Waals surface area contributed by atoms with Crippen LogP contribution in [0.5, 0.6) is 11.5 Å². The van der Waals surface area contributed by atoms with Crippen LogP contribution in [0.15, 0.2) is 108 Å². The van der Waals surface area contributed by atoms with Crippen LogP contribution >= 0.6 is 0 Å². The molecule has 7 rings (SSSR count). The lowest BCUT2D eigenvalue weighted by atomic mass is 9.69. The van der Waals surface area contributed by atoms with Gasteiger partial charge >= 0.3 is 0 Å². The van der Waals surface area contributed by atoms with Gasteiger partial charge in [0.1, 0.15) is 18.1 Å². The first-order valence-corrected chi connectivity index (χ1v) is 16.9. The van der Waals surface area contributed by atoms with Crippen LogP contribution < -0.4 is 9.64 Å². The highest BCUT2D eigenvalue weighted by Crippen LogP contribution is 2.51. The summed E-state index contributed by atoms with van der Waals surface area (Å²) in [6, 6.07) is 26.7. The van der Waals surface area contributed by atoms with Gasteiger partial charge in [0, 0.05) is 23.4 Å². The fraction of sp³-hybridized carbons (Fsp3) is 0.300. The molecule has 0 radical (unpaired) electrons. The van der Waals surface area contributed by atoms with E-state index in [-0.39, 0.29) is 47.6 Å². The number of non-ortho nitro benzene ring substituents is 1. The summed E-state index contributed by atoms with van der Waals surface area (Å²) in [5.74, 6) is -1.21. The highest BCUT2D eigenvalue weighted by Gasteiger charge is 2.57. The van der Waals surface area contributed by atoms with E-state index in [0.717, 1.165) is 51.6 Å². The predicted molar refractivity (Wildman–Crippen MR) is 187 cm³/mol. The van der Waals surface area contributed by atoms with Crippen LogP contribution in [0.4, 0.5) is 11.4 Å². The van der Waals surface area contributed by atoms with Gasteiger partial charge in [-0.05, 0) is 72.0 Å². The zero-order valence-corrected chi connectivity index (χ0v) is 27.3. The highest BCUT2D eigenvalue weighted by molar-refractivity contribution is 6.22. The first-order chi connectivity index (χ1) is 23.8. The van der Waals surface area contributed by atoms with Crippen molar-refractivity contribution in [1.29, 1.82) is 0 Å². The van der Waals surface area contributed by atoms with Gasteiger partial charge in [0.25, 0.3) is 5.69 Å². The number of imide groups is 1. The second kappa shape index (κ2) is 13.7. The number of phenolic OH excluding ortho intramolecular Hbond substituents is 1. The topological polar surface area (TPSA) is 119 Å². The smallest absolute Gasteiger partial charge is 0.271 e. The zero-order chi connectivity index (χ0) is 34.1. The van der Waals surface area contributed by atoms with E-state index in [4.69, 9.17) is 9.47 Å². The molecule has 250 valence electrons. The Kier molecular flexibility index (Phi) is 9.01. The quantitative estimate of drug-likeness (QED) is 0.0750. The number of hydrogen-bond donors (Lipinski definition) is 1. The summed E-state index contributed by atoms with van der Waals surface area (Å²) in [7, 11) is 0. The van der Waals surface area contributed by atoms with E-state index in [9.17, 15) is 24.8 Å². The average Bonchev–Trinajstić information content (AvgIpc) is 3.65. The van der Waals surface area contributed by atoms with Gasteiger partial charge in [-0.1, -0.05) is 79.6 Å². The number of carbonyl (C=O) groups excluding carboxylic acids is 2. The monoisotopic (exact) mass is 658 g/mol. The zero-order valence-electron chi connectivity index (χ0n) is 27.3. The third-order valence-electron chi connectivity index (χ3n) is 10.1. The Hall–Kier alpha value is -5.28. The number of carbonyl (C=O) groups is 2. The molecule has 3 aliphatic rings. The standard InChI is InChI=1S/C40H38N2O7/c1-2-9-25(20-26-17-18-35(43)32-15-7-6-14-31(26)32)16-19-36-37-27(23-48-30-12-4-3-5-13-30)21-33-38(34(37)24-49-36)40(45)41(39(33)44)28-10-8-11-29(22-28)42(46)47/h3-8,10-15,17-18,20,22,33-34,36,38,43H,2,9,16,19,21,23-24H2,1H3/b25-20+/t33-,34+,36-,38-/m1/s1. The van der Waals surface area contributed by atoms with Gasteiger partial charge in [0.15, 0.2) is 0 Å². The molecular weight excluding hydrogens is 620 g/mol. The molecule has 2 aliphatic heterocycles. The molecule has 49 heavy (non-hydrogen) atoms. The first kappa shape index (κ1) is 32.3. The maximum Gasteiger partial charge on any atom is 0.271 e. The van der Waals surface area contributed by atoms with Gasteiger partial charge < -0.3 is 14.6 Å². The summed E-state index contributed by atoms with van der Waals surface area (Å²) >= 11 is 0. The molecule has 4 atom stereocenters. The summed E-state index contributed by atoms with van der Waals surface area (Å²) in [6.07, 6.45) is 5.70. The summed E-state index contributed by atoms with van der Waals surface area (Å²) in [4.78, 5) is 40.1. The first-order valence-electron chi connectivity index (χ1n) is 16.9. The fourth-order valence-electron chi connectivity index (χ4n) is 7.85. The van der Waals surface area contributed by atoms with E-state index in [0.29, 0.717) is 25.2 Å². The van der Waals surface area contributed by atoms with Crippen LogP contribution in [0.25, 0.3) is 16.8 Å². The van der Waals surface area contributed by atoms with E-state index < -0.39 is 16.8 Å². The molecule has 9 heteroatoms. The molecule has 0 unspecified atom stereocenters. The van der Waals surface area contributed by atoms with Crippen LogP contribution in [0.2, 0.25) is 0 Å². The van der Waals surface area contributed by atoms with E-state index in [1.54, 1.807) is 12.1 Å². The number of ether oxygens (including phenoxy) is 2. The van der Waals surface area contributed by atoms with Gasteiger partial charge in [0.05, 0.1) is 35.2 Å². The van der Waals surface area contributed by atoms with Crippen LogP contribution in [0, 0.1) is 27.9 Å². The molecule has 2 saturated heterocycles. The Bertz CT molecular complexity index is 1990. The van der Waals surface area contributed by atoms with Gasteiger partial charge in [-0.25, -0.2) is 4.90 Å². The summed E-state index contributed by atoms with van der Waals surface area (Å²) in [5.41, 5.74) is 4.38. The number of para-hydroxylation sites is 1. The Morgan fingerprint density at radius 2 is 1.73 bits per heavy atom. The molecule has 2 heterocycles. The lowest BCUT2D eigenvalue weighted by Gasteiger charge is -2.31. The van der Waals surface area contributed by atoms with Crippen molar-refractivity contribution in [2.45, 2.75) is 45.1 Å². The number of nitro benzene ring substituents is 1. The van der Waals surface area contributed by atoms with Crippen molar-refractivity contribution in [2.75, 3.05) is 18.1 Å². The Balaban J connectivity index is 1.19. The van der Waals surface area contributed by atoms with E-state index >= 15 is 0 Å². The number of allylic oxidation sites excluding steroid dienone is 1. The van der Waals surface area contributed by atoms with E-state index in [1.165, 1.54) is 23.8 Å². The van der Waals surface area contributed by atoms with Gasteiger partial charge in [-0.15, -0.1) is 0 Å². The Labute approximate surface area is 284 Å². The number of phenols is 1. The van der Waals surface area contributed by atoms with Crippen LogP contribution in [-0.4, -0.2) is 41.2 Å². The second-order valence-electron chi connectivity index (χ2n) is 13.0. The predicted octanol–water partition coefficient (Wildman–Crippen LogP) is 8.02. The molecule has 0 bridgehead atoms. The Morgan fingerprint density at radius 3 is 2.51 bits per heavy atom. The number of amides is 2. The largest absolute Gasteiger partial charge is 0.507 e. The number of aromatic hydroxyl groups is 1. The molecule has 1 aliphatic carbocycles. The van der Waals surface area contributed by atoms with Crippen molar-refractivity contribution in [2.24, 2.45) is 17.8 Å². The minimum absolute atomic E-state index is 0.177. The maximum absolute atomic E-state index is 14.1.